The van der Waals surface area contributed by atoms with Crippen molar-refractivity contribution in [2.45, 2.75) is 38.6 Å². The molecule has 1 aromatic rings. The maximum Gasteiger partial charge on any atom is 0.0381 e. The SMILES string of the molecule is CC[C@H]1Nc2ccccc2C1(C)C. The van der Waals surface area contributed by atoms with E-state index in [9.17, 15) is 0 Å². The molecule has 0 spiro atoms. The molecule has 0 aliphatic carbocycles. The van der Waals surface area contributed by atoms with Gasteiger partial charge in [0.25, 0.3) is 0 Å². The Morgan fingerprint density at radius 3 is 2.62 bits per heavy atom. The van der Waals surface area contributed by atoms with Crippen LogP contribution in [-0.2, 0) is 5.41 Å². The van der Waals surface area contributed by atoms with Gasteiger partial charge in [-0.25, -0.2) is 0 Å². The van der Waals surface area contributed by atoms with Gasteiger partial charge in [-0.2, -0.15) is 0 Å². The normalized spacial score (nSPS) is 23.8. The van der Waals surface area contributed by atoms with E-state index in [1.807, 2.05) is 0 Å². The Balaban J connectivity index is 2.47. The van der Waals surface area contributed by atoms with Gasteiger partial charge in [-0.05, 0) is 18.1 Å². The van der Waals surface area contributed by atoms with Crippen LogP contribution in [0.5, 0.6) is 0 Å². The minimum Gasteiger partial charge on any atom is -0.381 e. The van der Waals surface area contributed by atoms with Crippen molar-refractivity contribution in [3.63, 3.8) is 0 Å². The maximum absolute atomic E-state index is 3.57. The van der Waals surface area contributed by atoms with Gasteiger partial charge in [0, 0.05) is 17.1 Å². The second-order valence-corrected chi connectivity index (χ2v) is 4.37. The van der Waals surface area contributed by atoms with Crippen molar-refractivity contribution >= 4 is 5.69 Å². The fourth-order valence-electron chi connectivity index (χ4n) is 2.34. The van der Waals surface area contributed by atoms with Crippen LogP contribution in [0.1, 0.15) is 32.8 Å². The van der Waals surface area contributed by atoms with Gasteiger partial charge in [0.2, 0.25) is 0 Å². The van der Waals surface area contributed by atoms with Gasteiger partial charge in [-0.3, -0.25) is 0 Å². The predicted octanol–water partition coefficient (Wildman–Crippen LogP) is 3.17. The van der Waals surface area contributed by atoms with E-state index in [1.54, 1.807) is 0 Å². The number of benzene rings is 1. The Hall–Kier alpha value is -0.980. The summed E-state index contributed by atoms with van der Waals surface area (Å²) in [6, 6.07) is 9.22. The Kier molecular flexibility index (Phi) is 1.83. The molecule has 0 fully saturated rings. The monoisotopic (exact) mass is 175 g/mol. The van der Waals surface area contributed by atoms with Crippen LogP contribution >= 0.6 is 0 Å². The van der Waals surface area contributed by atoms with Crippen molar-refractivity contribution < 1.29 is 0 Å². The summed E-state index contributed by atoms with van der Waals surface area (Å²) in [5.41, 5.74) is 3.06. The maximum atomic E-state index is 3.57. The van der Waals surface area contributed by atoms with E-state index >= 15 is 0 Å². The van der Waals surface area contributed by atoms with Crippen LogP contribution in [0.3, 0.4) is 0 Å². The highest BCUT2D eigenvalue weighted by Gasteiger charge is 2.37. The summed E-state index contributed by atoms with van der Waals surface area (Å²) in [5.74, 6) is 0. The summed E-state index contributed by atoms with van der Waals surface area (Å²) in [7, 11) is 0. The van der Waals surface area contributed by atoms with E-state index < -0.39 is 0 Å². The van der Waals surface area contributed by atoms with Gasteiger partial charge in [0.15, 0.2) is 0 Å². The minimum absolute atomic E-state index is 0.283. The number of rotatable bonds is 1. The number of fused-ring (bicyclic) bond motifs is 1. The zero-order chi connectivity index (χ0) is 9.47. The molecule has 0 saturated carbocycles. The molecule has 1 atom stereocenters. The lowest BCUT2D eigenvalue weighted by molar-refractivity contribution is 0.450. The van der Waals surface area contributed by atoms with E-state index in [0.717, 1.165) is 0 Å². The van der Waals surface area contributed by atoms with Gasteiger partial charge in [-0.1, -0.05) is 39.0 Å². The minimum atomic E-state index is 0.283. The standard InChI is InChI=1S/C12H17N/c1-4-11-12(2,3)9-7-5-6-8-10(9)13-11/h5-8,11,13H,4H2,1-3H3/t11-/m1/s1. The van der Waals surface area contributed by atoms with Gasteiger partial charge in [0.1, 0.15) is 0 Å². The molecule has 0 aromatic heterocycles. The Labute approximate surface area is 80.2 Å². The number of anilines is 1. The van der Waals surface area contributed by atoms with E-state index in [0.29, 0.717) is 6.04 Å². The van der Waals surface area contributed by atoms with Crippen molar-refractivity contribution in [3.8, 4) is 0 Å². The van der Waals surface area contributed by atoms with Gasteiger partial charge >= 0.3 is 0 Å². The number of nitrogens with one attached hydrogen (secondary N) is 1. The smallest absolute Gasteiger partial charge is 0.0381 e. The summed E-state index contributed by atoms with van der Waals surface area (Å²) in [6.07, 6.45) is 1.18. The fourth-order valence-corrected chi connectivity index (χ4v) is 2.34. The largest absolute Gasteiger partial charge is 0.381 e. The number of hydrogen-bond donors (Lipinski definition) is 1. The molecule has 0 amide bonds. The van der Waals surface area contributed by atoms with E-state index in [2.05, 4.69) is 50.4 Å². The summed E-state index contributed by atoms with van der Waals surface area (Å²) in [4.78, 5) is 0. The van der Waals surface area contributed by atoms with E-state index in [4.69, 9.17) is 0 Å². The molecule has 0 radical (unpaired) electrons. The zero-order valence-electron chi connectivity index (χ0n) is 8.59. The van der Waals surface area contributed by atoms with Gasteiger partial charge < -0.3 is 5.32 Å². The fraction of sp³-hybridized carbons (Fsp3) is 0.500. The lowest BCUT2D eigenvalue weighted by atomic mass is 9.80. The summed E-state index contributed by atoms with van der Waals surface area (Å²) in [6.45, 7) is 6.88. The highest BCUT2D eigenvalue weighted by Crippen LogP contribution is 2.41. The summed E-state index contributed by atoms with van der Waals surface area (Å²) in [5, 5.41) is 3.57. The molecular formula is C12H17N. The topological polar surface area (TPSA) is 12.0 Å². The Morgan fingerprint density at radius 2 is 2.00 bits per heavy atom. The molecule has 0 saturated heterocycles. The third-order valence-electron chi connectivity index (χ3n) is 3.23. The number of para-hydroxylation sites is 1. The van der Waals surface area contributed by atoms with Crippen molar-refractivity contribution in [1.82, 2.24) is 0 Å². The number of hydrogen-bond acceptors (Lipinski definition) is 1. The summed E-state index contributed by atoms with van der Waals surface area (Å²) < 4.78 is 0. The lowest BCUT2D eigenvalue weighted by Gasteiger charge is -2.26. The van der Waals surface area contributed by atoms with Crippen LogP contribution in [0.2, 0.25) is 0 Å². The lowest BCUT2D eigenvalue weighted by Crippen LogP contribution is -2.32. The van der Waals surface area contributed by atoms with Crippen molar-refractivity contribution in [1.29, 1.82) is 0 Å². The zero-order valence-corrected chi connectivity index (χ0v) is 8.59. The van der Waals surface area contributed by atoms with Crippen molar-refractivity contribution in [3.05, 3.63) is 29.8 Å². The first-order valence-electron chi connectivity index (χ1n) is 5.02. The van der Waals surface area contributed by atoms with Crippen molar-refractivity contribution in [2.75, 3.05) is 5.32 Å². The van der Waals surface area contributed by atoms with Gasteiger partial charge in [-0.15, -0.1) is 0 Å². The van der Waals surface area contributed by atoms with Crippen LogP contribution in [0, 0.1) is 0 Å². The predicted molar refractivity (Wildman–Crippen MR) is 57.2 cm³/mol. The first-order chi connectivity index (χ1) is 6.16. The van der Waals surface area contributed by atoms with Crippen molar-refractivity contribution in [2.24, 2.45) is 0 Å². The molecule has 1 heteroatoms. The summed E-state index contributed by atoms with van der Waals surface area (Å²) >= 11 is 0. The van der Waals surface area contributed by atoms with E-state index in [1.165, 1.54) is 17.7 Å². The van der Waals surface area contributed by atoms with Crippen LogP contribution in [0.25, 0.3) is 0 Å². The van der Waals surface area contributed by atoms with Crippen LogP contribution in [0.15, 0.2) is 24.3 Å². The third kappa shape index (κ3) is 1.14. The molecule has 70 valence electrons. The van der Waals surface area contributed by atoms with Crippen LogP contribution < -0.4 is 5.32 Å². The first kappa shape index (κ1) is 8.61. The quantitative estimate of drug-likeness (QED) is 0.691. The van der Waals surface area contributed by atoms with Crippen LogP contribution in [0.4, 0.5) is 5.69 Å². The van der Waals surface area contributed by atoms with E-state index in [-0.39, 0.29) is 5.41 Å². The molecule has 0 unspecified atom stereocenters. The van der Waals surface area contributed by atoms with Gasteiger partial charge in [0.05, 0.1) is 0 Å². The second-order valence-electron chi connectivity index (χ2n) is 4.37. The molecule has 0 bridgehead atoms. The molecule has 1 heterocycles. The third-order valence-corrected chi connectivity index (χ3v) is 3.23. The highest BCUT2D eigenvalue weighted by atomic mass is 15.0. The molecule has 13 heavy (non-hydrogen) atoms. The highest BCUT2D eigenvalue weighted by molar-refractivity contribution is 5.61. The van der Waals surface area contributed by atoms with Crippen LogP contribution in [-0.4, -0.2) is 6.04 Å². The molecule has 2 rings (SSSR count). The molecule has 1 aliphatic rings. The Morgan fingerprint density at radius 1 is 1.31 bits per heavy atom. The Bertz CT molecular complexity index is 315. The molecule has 1 nitrogen and oxygen atoms in total. The molecule has 1 aromatic carbocycles. The average molecular weight is 175 g/mol. The molecular weight excluding hydrogens is 158 g/mol. The first-order valence-corrected chi connectivity index (χ1v) is 5.02. The molecule has 1 N–H and O–H groups in total. The average Bonchev–Trinajstić information content (AvgIpc) is 2.39. The molecule has 1 aliphatic heterocycles. The second kappa shape index (κ2) is 2.76.